The molecule has 0 radical (unpaired) electrons. The number of hydrogen-bond donors (Lipinski definition) is 31. The number of carbonyl (C=O) groups is 7. The van der Waals surface area contributed by atoms with Crippen LogP contribution < -0.4 is 38.5 Å². The summed E-state index contributed by atoms with van der Waals surface area (Å²) in [7, 11) is 0. The summed E-state index contributed by atoms with van der Waals surface area (Å²) in [4.78, 5) is 90.8. The summed E-state index contributed by atoms with van der Waals surface area (Å²) in [6.07, 6.45) is -99.0. The molecule has 0 aromatic heterocycles. The lowest BCUT2D eigenvalue weighted by Gasteiger charge is -2.53. The van der Waals surface area contributed by atoms with Crippen LogP contribution in [0.1, 0.15) is 41.0 Å². The van der Waals surface area contributed by atoms with Crippen LogP contribution in [0, 0.1) is 0 Å². The third-order valence-corrected chi connectivity index (χ3v) is 23.0. The largest absolute Gasteiger partial charge is 0.477 e. The molecule has 0 saturated carbocycles. The van der Waals surface area contributed by atoms with Gasteiger partial charge in [0.1, 0.15) is 201 Å². The summed E-state index contributed by atoms with van der Waals surface area (Å²) in [6.45, 7) is -2.45. The van der Waals surface area contributed by atoms with Gasteiger partial charge >= 0.3 is 5.97 Å². The van der Waals surface area contributed by atoms with Gasteiger partial charge in [0.25, 0.3) is 5.79 Å². The molecule has 0 aromatic carbocycles. The maximum Gasteiger partial charge on any atom is 0.364 e. The van der Waals surface area contributed by atoms with Crippen molar-refractivity contribution in [3.05, 3.63) is 0 Å². The second-order valence-corrected chi connectivity index (χ2v) is 31.7. The van der Waals surface area contributed by atoms with E-state index in [9.17, 15) is 156 Å². The average Bonchev–Trinajstić information content (AvgIpc) is 0.750. The zero-order chi connectivity index (χ0) is 93.2. The summed E-state index contributed by atoms with van der Waals surface area (Å²) >= 11 is 0. The maximum absolute atomic E-state index is 13.9. The van der Waals surface area contributed by atoms with Gasteiger partial charge in [-0.1, -0.05) is 0 Å². The Bertz CT molecular complexity index is 3580. The smallest absolute Gasteiger partial charge is 0.364 e. The molecule has 34 N–H and O–H groups in total. The Morgan fingerprint density at radius 2 is 0.762 bits per heavy atom. The first-order valence-electron chi connectivity index (χ1n) is 39.7. The maximum atomic E-state index is 13.9. The number of carbonyl (C=O) groups excluding carboxylic acids is 6. The molecule has 50 unspecified atom stereocenters. The summed E-state index contributed by atoms with van der Waals surface area (Å²) in [5.41, 5.74) is 18.2. The lowest BCUT2D eigenvalue weighted by atomic mass is 9.92. The van der Waals surface area contributed by atoms with Crippen LogP contribution in [0.25, 0.3) is 0 Å². The van der Waals surface area contributed by atoms with Crippen LogP contribution in [0.2, 0.25) is 0 Å². The minimum absolute atomic E-state index is 0.203. The van der Waals surface area contributed by atoms with Gasteiger partial charge in [0.15, 0.2) is 68.8 Å². The summed E-state index contributed by atoms with van der Waals surface area (Å²) in [6, 6.07) is -9.49. The standard InChI is InChI=1S/C69H113N7O50/c1-14-27(73-13-83)36(94)41(99)63(108-14)120-51-38(96)29(75-17(4)85)61(124-55(51)58(72)104)119-50-37(95)28(74-16(3)84)60(123-54(50)57(71)103)118-49-30(76-18(5)86)62(109-15(2)31(49)89)117-48-25(12-82)114-67(56(125-59-26(70)35(93)32(90)21(8-78)110-59)53(48)122-65-43(101)40(98)34(92)23(10-80)112-65)116-47-24(11-81)113-66(52(44(47)102)121-64-42(100)39(97)33(91)22(9-79)111-64)115-45-19(87)6-69(107,68(105)106)126-46(45)20(88)7-77/h13-15,19-56,59-67,77-82,87-102,107H,6-12,70H2,1-5H3,(H2,71,103)(H2,72,104)(H,73,83)(H,74,84)(H,75,85)(H,76,86)(H,105,106). The molecule has 0 aromatic rings. The monoisotopic (exact) mass is 1840 g/mol. The van der Waals surface area contributed by atoms with E-state index in [1.54, 1.807) is 0 Å². The van der Waals surface area contributed by atoms with Crippen LogP contribution in [-0.2, 0) is 124 Å². The molecule has 50 atom stereocenters. The lowest BCUT2D eigenvalue weighted by molar-refractivity contribution is -0.422. The summed E-state index contributed by atoms with van der Waals surface area (Å²) in [5, 5.41) is 279. The highest BCUT2D eigenvalue weighted by atomic mass is 16.8. The van der Waals surface area contributed by atoms with Crippen molar-refractivity contribution >= 4 is 41.9 Å². The van der Waals surface area contributed by atoms with Crippen molar-refractivity contribution in [3.8, 4) is 0 Å². The van der Waals surface area contributed by atoms with E-state index < -0.39 is 388 Å². The zero-order valence-corrected chi connectivity index (χ0v) is 67.4. The third kappa shape index (κ3) is 21.9. The molecule has 10 rings (SSSR count). The molecule has 0 aliphatic carbocycles. The van der Waals surface area contributed by atoms with Crippen LogP contribution >= 0.6 is 0 Å². The minimum atomic E-state index is -3.32. The van der Waals surface area contributed by atoms with Gasteiger partial charge in [-0.2, -0.15) is 0 Å². The number of aliphatic hydroxyl groups excluding tert-OH is 22. The van der Waals surface area contributed by atoms with Gasteiger partial charge in [-0.15, -0.1) is 0 Å². The van der Waals surface area contributed by atoms with Crippen LogP contribution in [0.15, 0.2) is 0 Å². The van der Waals surface area contributed by atoms with Crippen molar-refractivity contribution in [2.75, 3.05) is 39.6 Å². The number of aliphatic carboxylic acids is 1. The highest BCUT2D eigenvalue weighted by Gasteiger charge is 2.64. The van der Waals surface area contributed by atoms with Crippen molar-refractivity contribution in [1.82, 2.24) is 21.3 Å². The normalized spacial score (nSPS) is 48.6. The number of nitrogens with two attached hydrogens (primary N) is 3. The molecule has 6 amide bonds. The van der Waals surface area contributed by atoms with E-state index >= 15 is 0 Å². The van der Waals surface area contributed by atoms with E-state index in [-0.39, 0.29) is 6.41 Å². The molecular formula is C69H113N7O50. The van der Waals surface area contributed by atoms with Crippen molar-refractivity contribution < 1.29 is 246 Å². The first-order chi connectivity index (χ1) is 59.3. The Balaban J connectivity index is 1.03. The van der Waals surface area contributed by atoms with Crippen LogP contribution in [0.3, 0.4) is 0 Å². The molecule has 10 aliphatic rings. The van der Waals surface area contributed by atoms with Crippen LogP contribution in [0.4, 0.5) is 0 Å². The molecular weight excluding hydrogens is 1730 g/mol. The van der Waals surface area contributed by atoms with E-state index in [4.69, 9.17) is 107 Å². The van der Waals surface area contributed by atoms with Crippen LogP contribution in [0.5, 0.6) is 0 Å². The summed E-state index contributed by atoms with van der Waals surface area (Å²) in [5.74, 6) is -11.6. The molecule has 57 nitrogen and oxygen atoms in total. The first kappa shape index (κ1) is 103. The fourth-order valence-electron chi connectivity index (χ4n) is 16.3. The Kier molecular flexibility index (Phi) is 35.5. The Morgan fingerprint density at radius 1 is 0.389 bits per heavy atom. The van der Waals surface area contributed by atoms with Gasteiger partial charge in [-0.25, -0.2) is 4.79 Å². The highest BCUT2D eigenvalue weighted by molar-refractivity contribution is 5.81. The van der Waals surface area contributed by atoms with Gasteiger partial charge < -0.3 is 251 Å². The van der Waals surface area contributed by atoms with E-state index in [0.29, 0.717) is 0 Å². The topological polar surface area (TPSA) is 907 Å². The van der Waals surface area contributed by atoms with Gasteiger partial charge in [-0.05, 0) is 13.8 Å². The second kappa shape index (κ2) is 43.5. The number of amides is 6. The number of primary amides is 2. The van der Waals surface area contributed by atoms with Gasteiger partial charge in [-0.3, -0.25) is 28.8 Å². The summed E-state index contributed by atoms with van der Waals surface area (Å²) < 4.78 is 115. The lowest BCUT2D eigenvalue weighted by Crippen LogP contribution is -2.73. The minimum Gasteiger partial charge on any atom is -0.477 e. The fraction of sp³-hybridized carbons (Fsp3) is 0.899. The predicted octanol–water partition coefficient (Wildman–Crippen LogP) is -21.8. The Morgan fingerprint density at radius 3 is 1.23 bits per heavy atom. The number of rotatable bonds is 33. The molecule has 0 bridgehead atoms. The predicted molar refractivity (Wildman–Crippen MR) is 386 cm³/mol. The van der Waals surface area contributed by atoms with E-state index in [1.165, 1.54) is 6.92 Å². The molecule has 0 spiro atoms. The number of ether oxygens (including phenoxy) is 19. The molecule has 10 aliphatic heterocycles. The van der Waals surface area contributed by atoms with E-state index in [0.717, 1.165) is 27.7 Å². The molecule has 10 fully saturated rings. The Labute approximate surface area is 711 Å². The fourth-order valence-corrected chi connectivity index (χ4v) is 16.3. The third-order valence-electron chi connectivity index (χ3n) is 23.0. The first-order valence-corrected chi connectivity index (χ1v) is 39.7. The molecule has 10 saturated heterocycles. The van der Waals surface area contributed by atoms with Crippen molar-refractivity contribution in [3.63, 3.8) is 0 Å². The SMILES string of the molecule is CC(=O)NC1C(OC2C(C(N)=O)OC(OC3C(O)C(C)OC(OC4C(CO)OC(OC5C(CO)OC(OC6C(O)CC(O)(C(=O)O)OC6C(O)CO)C(OC6OC(CO)C(O)C(O)C6O)C5O)C(OC5OC(CO)C(O)C(O)C5N)C4OC4OC(CO)C(O)C(O)C4O)C3NC(C)=O)C(NC(C)=O)C2O)OC(C(N)=O)C(OC2OC(C)C(NC=O)C(O)C2O)C1O. The number of carboxylic acids is 1. The zero-order valence-electron chi connectivity index (χ0n) is 67.4. The van der Waals surface area contributed by atoms with Crippen molar-refractivity contribution in [2.45, 2.75) is 347 Å². The van der Waals surface area contributed by atoms with Gasteiger partial charge in [0.2, 0.25) is 35.9 Å². The highest BCUT2D eigenvalue weighted by Crippen LogP contribution is 2.44. The number of hydrogen-bond acceptors (Lipinski definition) is 50. The average molecular weight is 1840 g/mol. The molecule has 57 heteroatoms. The molecule has 10 heterocycles. The van der Waals surface area contributed by atoms with Crippen molar-refractivity contribution in [1.29, 1.82) is 0 Å². The van der Waals surface area contributed by atoms with E-state index in [2.05, 4.69) is 21.3 Å². The van der Waals surface area contributed by atoms with Gasteiger partial charge in [0, 0.05) is 27.2 Å². The number of nitrogens with one attached hydrogen (secondary N) is 4. The quantitative estimate of drug-likeness (QED) is 0.0271. The molecule has 724 valence electrons. The van der Waals surface area contributed by atoms with Crippen LogP contribution in [-0.4, -0.2) is 510 Å². The second-order valence-electron chi connectivity index (χ2n) is 31.7. The number of aliphatic hydroxyl groups is 23. The molecule has 126 heavy (non-hydrogen) atoms. The Hall–Kier alpha value is -5.43. The van der Waals surface area contributed by atoms with Gasteiger partial charge in [0.05, 0.1) is 70.0 Å². The van der Waals surface area contributed by atoms with E-state index in [1.807, 2.05) is 0 Å². The van der Waals surface area contributed by atoms with Crippen molar-refractivity contribution in [2.24, 2.45) is 17.2 Å². The number of carboxylic acid groups (broad SMARTS) is 1.